The minimum absolute atomic E-state index is 0.190. The number of hydrogen-bond donors (Lipinski definition) is 0. The lowest BCUT2D eigenvalue weighted by Gasteiger charge is -2.22. The molecule has 1 rings (SSSR count). The molecular formula is C9H18FN. The van der Waals surface area contributed by atoms with Gasteiger partial charge in [-0.2, -0.15) is 0 Å². The van der Waals surface area contributed by atoms with E-state index in [2.05, 4.69) is 18.7 Å². The Morgan fingerprint density at radius 2 is 2.18 bits per heavy atom. The van der Waals surface area contributed by atoms with Gasteiger partial charge in [-0.05, 0) is 25.8 Å². The van der Waals surface area contributed by atoms with Crippen molar-refractivity contribution in [3.8, 4) is 0 Å². The van der Waals surface area contributed by atoms with Gasteiger partial charge in [0.05, 0.1) is 0 Å². The molecule has 0 aliphatic carbocycles. The van der Waals surface area contributed by atoms with Crippen molar-refractivity contribution >= 4 is 0 Å². The third kappa shape index (κ3) is 2.16. The van der Waals surface area contributed by atoms with E-state index in [0.717, 1.165) is 19.4 Å². The van der Waals surface area contributed by atoms with Crippen molar-refractivity contribution in [3.05, 3.63) is 0 Å². The second-order valence-corrected chi connectivity index (χ2v) is 3.98. The fourth-order valence-corrected chi connectivity index (χ4v) is 1.77. The number of nitrogens with zero attached hydrogens (tertiary/aromatic N) is 1. The molecule has 0 N–H and O–H groups in total. The molecular weight excluding hydrogens is 141 g/mol. The van der Waals surface area contributed by atoms with Gasteiger partial charge >= 0.3 is 0 Å². The molecule has 1 aliphatic rings. The van der Waals surface area contributed by atoms with Crippen LogP contribution in [-0.4, -0.2) is 30.7 Å². The first kappa shape index (κ1) is 8.98. The molecule has 0 radical (unpaired) electrons. The van der Waals surface area contributed by atoms with Crippen molar-refractivity contribution in [1.29, 1.82) is 0 Å². The zero-order valence-corrected chi connectivity index (χ0v) is 7.68. The van der Waals surface area contributed by atoms with Crippen LogP contribution in [0.3, 0.4) is 0 Å². The topological polar surface area (TPSA) is 3.24 Å². The number of likely N-dealkylation sites (tertiary alicyclic amines) is 1. The van der Waals surface area contributed by atoms with Crippen LogP contribution in [0.5, 0.6) is 0 Å². The largest absolute Gasteiger partial charge is 0.300 e. The van der Waals surface area contributed by atoms with Crippen LogP contribution in [0.15, 0.2) is 0 Å². The average molecular weight is 159 g/mol. The lowest BCUT2D eigenvalue weighted by atomic mass is 10.0. The number of rotatable bonds is 2. The highest BCUT2D eigenvalue weighted by Gasteiger charge is 2.31. The van der Waals surface area contributed by atoms with Gasteiger partial charge in [-0.1, -0.05) is 13.8 Å². The first-order valence-corrected chi connectivity index (χ1v) is 4.45. The van der Waals surface area contributed by atoms with Gasteiger partial charge in [0.1, 0.15) is 6.17 Å². The Morgan fingerprint density at radius 1 is 1.55 bits per heavy atom. The number of hydrogen-bond acceptors (Lipinski definition) is 1. The quantitative estimate of drug-likeness (QED) is 0.596. The van der Waals surface area contributed by atoms with Crippen molar-refractivity contribution < 1.29 is 4.39 Å². The van der Waals surface area contributed by atoms with E-state index >= 15 is 0 Å². The first-order chi connectivity index (χ1) is 5.11. The van der Waals surface area contributed by atoms with E-state index in [1.807, 2.05) is 7.05 Å². The molecule has 0 aromatic rings. The maximum absolute atomic E-state index is 13.2. The van der Waals surface area contributed by atoms with Crippen molar-refractivity contribution in [2.45, 2.75) is 38.9 Å². The molecule has 2 atom stereocenters. The Bertz CT molecular complexity index is 115. The minimum Gasteiger partial charge on any atom is -0.300 e. The molecule has 0 aromatic carbocycles. The second kappa shape index (κ2) is 3.53. The van der Waals surface area contributed by atoms with E-state index in [1.54, 1.807) is 0 Å². The van der Waals surface area contributed by atoms with Crippen LogP contribution in [0.4, 0.5) is 4.39 Å². The summed E-state index contributed by atoms with van der Waals surface area (Å²) in [5, 5.41) is 0. The summed E-state index contributed by atoms with van der Waals surface area (Å²) in [6.45, 7) is 5.23. The molecule has 1 saturated heterocycles. The molecule has 2 heteroatoms. The molecule has 0 bridgehead atoms. The van der Waals surface area contributed by atoms with Gasteiger partial charge in [0.2, 0.25) is 0 Å². The Labute approximate surface area is 68.6 Å². The maximum atomic E-state index is 13.2. The van der Waals surface area contributed by atoms with Crippen LogP contribution in [-0.2, 0) is 0 Å². The van der Waals surface area contributed by atoms with Crippen LogP contribution in [0, 0.1) is 5.92 Å². The van der Waals surface area contributed by atoms with E-state index in [9.17, 15) is 4.39 Å². The zero-order chi connectivity index (χ0) is 8.43. The Morgan fingerprint density at radius 3 is 2.55 bits per heavy atom. The predicted octanol–water partition coefficient (Wildman–Crippen LogP) is 2.07. The lowest BCUT2D eigenvalue weighted by Crippen LogP contribution is -2.31. The normalized spacial score (nSPS) is 33.5. The summed E-state index contributed by atoms with van der Waals surface area (Å²) in [4.78, 5) is 2.14. The summed E-state index contributed by atoms with van der Waals surface area (Å²) in [5.74, 6) is 0.610. The van der Waals surface area contributed by atoms with Crippen molar-refractivity contribution in [3.63, 3.8) is 0 Å². The van der Waals surface area contributed by atoms with Crippen molar-refractivity contribution in [2.75, 3.05) is 13.6 Å². The molecule has 0 amide bonds. The first-order valence-electron chi connectivity index (χ1n) is 4.45. The molecule has 66 valence electrons. The van der Waals surface area contributed by atoms with Gasteiger partial charge in [0.25, 0.3) is 0 Å². The summed E-state index contributed by atoms with van der Waals surface area (Å²) < 4.78 is 13.2. The number of alkyl halides is 1. The van der Waals surface area contributed by atoms with Gasteiger partial charge in [-0.15, -0.1) is 0 Å². The predicted molar refractivity (Wildman–Crippen MR) is 45.4 cm³/mol. The van der Waals surface area contributed by atoms with E-state index in [4.69, 9.17) is 0 Å². The van der Waals surface area contributed by atoms with Crippen molar-refractivity contribution in [2.24, 2.45) is 5.92 Å². The molecule has 0 saturated carbocycles. The summed E-state index contributed by atoms with van der Waals surface area (Å²) in [5.41, 5.74) is 0. The molecule has 1 fully saturated rings. The molecule has 1 aliphatic heterocycles. The Hall–Kier alpha value is -0.110. The molecule has 1 heterocycles. The minimum atomic E-state index is -0.581. The average Bonchev–Trinajstić information content (AvgIpc) is 2.18. The van der Waals surface area contributed by atoms with Gasteiger partial charge in [-0.25, -0.2) is 4.39 Å². The highest BCUT2D eigenvalue weighted by atomic mass is 19.1. The standard InChI is InChI=1S/C9H18FN/c1-7(2)6-9-8(10)4-5-11(9)3/h7-9H,4-6H2,1-3H3/t8?,9-/m1/s1. The van der Waals surface area contributed by atoms with Crippen LogP contribution in [0.25, 0.3) is 0 Å². The summed E-state index contributed by atoms with van der Waals surface area (Å²) in [6.07, 6.45) is 1.15. The Kier molecular flexibility index (Phi) is 2.88. The zero-order valence-electron chi connectivity index (χ0n) is 7.68. The maximum Gasteiger partial charge on any atom is 0.117 e. The number of halogens is 1. The SMILES string of the molecule is CC(C)C[C@@H]1C(F)CCN1C. The molecule has 0 spiro atoms. The summed E-state index contributed by atoms with van der Waals surface area (Å²) in [6, 6.07) is 0.190. The van der Waals surface area contributed by atoms with Crippen molar-refractivity contribution in [1.82, 2.24) is 4.90 Å². The monoisotopic (exact) mass is 159 g/mol. The van der Waals surface area contributed by atoms with Crippen LogP contribution in [0.2, 0.25) is 0 Å². The highest BCUT2D eigenvalue weighted by Crippen LogP contribution is 2.24. The molecule has 0 aromatic heterocycles. The molecule has 1 unspecified atom stereocenters. The molecule has 1 nitrogen and oxygen atoms in total. The van der Waals surface area contributed by atoms with Gasteiger partial charge in [-0.3, -0.25) is 0 Å². The van der Waals surface area contributed by atoms with Crippen LogP contribution in [0.1, 0.15) is 26.7 Å². The third-order valence-corrected chi connectivity index (χ3v) is 2.45. The fraction of sp³-hybridized carbons (Fsp3) is 1.00. The van der Waals surface area contributed by atoms with Crippen LogP contribution < -0.4 is 0 Å². The van der Waals surface area contributed by atoms with E-state index in [0.29, 0.717) is 5.92 Å². The highest BCUT2D eigenvalue weighted by molar-refractivity contribution is 4.85. The smallest absolute Gasteiger partial charge is 0.117 e. The Balaban J connectivity index is 2.41. The van der Waals surface area contributed by atoms with E-state index in [-0.39, 0.29) is 6.04 Å². The van der Waals surface area contributed by atoms with Gasteiger partial charge in [0, 0.05) is 12.6 Å². The molecule has 11 heavy (non-hydrogen) atoms. The lowest BCUT2D eigenvalue weighted by molar-refractivity contribution is 0.195. The summed E-state index contributed by atoms with van der Waals surface area (Å²) in [7, 11) is 2.02. The fourth-order valence-electron chi connectivity index (χ4n) is 1.77. The second-order valence-electron chi connectivity index (χ2n) is 3.98. The van der Waals surface area contributed by atoms with Crippen LogP contribution >= 0.6 is 0 Å². The summed E-state index contributed by atoms with van der Waals surface area (Å²) >= 11 is 0. The van der Waals surface area contributed by atoms with Gasteiger partial charge < -0.3 is 4.90 Å². The van der Waals surface area contributed by atoms with E-state index < -0.39 is 6.17 Å². The van der Waals surface area contributed by atoms with Gasteiger partial charge in [0.15, 0.2) is 0 Å². The third-order valence-electron chi connectivity index (χ3n) is 2.45. The van der Waals surface area contributed by atoms with E-state index in [1.165, 1.54) is 0 Å².